The molecule has 122 valence electrons. The van der Waals surface area contributed by atoms with Crippen LogP contribution in [0.2, 0.25) is 5.02 Å². The van der Waals surface area contributed by atoms with Crippen LogP contribution in [0.15, 0.2) is 36.4 Å². The molecular formula is C18H20ClNO3. The minimum atomic E-state index is -0.0558. The molecule has 0 radical (unpaired) electrons. The first-order valence-corrected chi connectivity index (χ1v) is 7.68. The smallest absolute Gasteiger partial charge is 0.224 e. The highest BCUT2D eigenvalue weighted by Gasteiger charge is 2.07. The predicted molar refractivity (Wildman–Crippen MR) is 92.7 cm³/mol. The van der Waals surface area contributed by atoms with Crippen molar-refractivity contribution in [2.24, 2.45) is 0 Å². The quantitative estimate of drug-likeness (QED) is 0.860. The highest BCUT2D eigenvalue weighted by atomic mass is 35.5. The maximum atomic E-state index is 12.0. The van der Waals surface area contributed by atoms with E-state index >= 15 is 0 Å². The third-order valence-electron chi connectivity index (χ3n) is 3.54. The van der Waals surface area contributed by atoms with E-state index in [-0.39, 0.29) is 5.91 Å². The Kier molecular flexibility index (Phi) is 5.88. The molecule has 0 fully saturated rings. The minimum Gasteiger partial charge on any atom is -0.496 e. The van der Waals surface area contributed by atoms with Gasteiger partial charge < -0.3 is 14.8 Å². The molecular weight excluding hydrogens is 314 g/mol. The van der Waals surface area contributed by atoms with E-state index in [1.165, 1.54) is 0 Å². The summed E-state index contributed by atoms with van der Waals surface area (Å²) < 4.78 is 10.3. The van der Waals surface area contributed by atoms with Crippen molar-refractivity contribution in [2.75, 3.05) is 19.5 Å². The molecule has 2 aromatic carbocycles. The molecule has 0 bridgehead atoms. The van der Waals surface area contributed by atoms with Crippen LogP contribution < -0.4 is 14.8 Å². The molecule has 0 unspecified atom stereocenters. The van der Waals surface area contributed by atoms with E-state index in [2.05, 4.69) is 5.32 Å². The number of benzene rings is 2. The average Bonchev–Trinajstić information content (AvgIpc) is 2.53. The molecule has 0 heterocycles. The van der Waals surface area contributed by atoms with Gasteiger partial charge in [0.25, 0.3) is 0 Å². The van der Waals surface area contributed by atoms with Gasteiger partial charge in [-0.15, -0.1) is 0 Å². The van der Waals surface area contributed by atoms with Crippen LogP contribution in [0.4, 0.5) is 5.69 Å². The summed E-state index contributed by atoms with van der Waals surface area (Å²) in [6.45, 7) is 1.99. The fourth-order valence-electron chi connectivity index (χ4n) is 2.32. The maximum Gasteiger partial charge on any atom is 0.224 e. The SMILES string of the molecule is COc1ccc(CCC(=O)Nc2ccc(OC)c(Cl)c2)cc1C. The molecule has 1 N–H and O–H groups in total. The number of methoxy groups -OCH3 is 2. The van der Waals surface area contributed by atoms with Crippen molar-refractivity contribution in [1.82, 2.24) is 0 Å². The summed E-state index contributed by atoms with van der Waals surface area (Å²) in [7, 11) is 3.20. The van der Waals surface area contributed by atoms with Crippen molar-refractivity contribution in [3.05, 3.63) is 52.5 Å². The fourth-order valence-corrected chi connectivity index (χ4v) is 2.58. The number of nitrogens with one attached hydrogen (secondary N) is 1. The van der Waals surface area contributed by atoms with Crippen molar-refractivity contribution < 1.29 is 14.3 Å². The van der Waals surface area contributed by atoms with E-state index in [9.17, 15) is 4.79 Å². The molecule has 0 atom stereocenters. The van der Waals surface area contributed by atoms with E-state index in [1.807, 2.05) is 25.1 Å². The van der Waals surface area contributed by atoms with Crippen LogP contribution in [0.1, 0.15) is 17.5 Å². The molecule has 0 spiro atoms. The number of hydrogen-bond acceptors (Lipinski definition) is 3. The van der Waals surface area contributed by atoms with E-state index in [4.69, 9.17) is 21.1 Å². The van der Waals surface area contributed by atoms with Gasteiger partial charge in [-0.2, -0.15) is 0 Å². The van der Waals surface area contributed by atoms with E-state index in [1.54, 1.807) is 32.4 Å². The molecule has 1 amide bonds. The molecule has 2 rings (SSSR count). The molecule has 0 aliphatic heterocycles. The number of amides is 1. The molecule has 5 heteroatoms. The third-order valence-corrected chi connectivity index (χ3v) is 3.83. The summed E-state index contributed by atoms with van der Waals surface area (Å²) >= 11 is 6.04. The number of rotatable bonds is 6. The minimum absolute atomic E-state index is 0.0558. The first kappa shape index (κ1) is 17.2. The molecule has 0 aromatic heterocycles. The Morgan fingerprint density at radius 2 is 1.78 bits per heavy atom. The number of anilines is 1. The summed E-state index contributed by atoms with van der Waals surface area (Å²) in [5.74, 6) is 1.38. The Morgan fingerprint density at radius 3 is 2.39 bits per heavy atom. The number of aryl methyl sites for hydroxylation is 2. The van der Waals surface area contributed by atoms with Gasteiger partial charge in [0.05, 0.1) is 19.2 Å². The van der Waals surface area contributed by atoms with Gasteiger partial charge in [0, 0.05) is 12.1 Å². The second kappa shape index (κ2) is 7.88. The van der Waals surface area contributed by atoms with Crippen molar-refractivity contribution in [3.63, 3.8) is 0 Å². The number of carbonyl (C=O) groups excluding carboxylic acids is 1. The fraction of sp³-hybridized carbons (Fsp3) is 0.278. The number of hydrogen-bond donors (Lipinski definition) is 1. The molecule has 2 aromatic rings. The van der Waals surface area contributed by atoms with Gasteiger partial charge in [0.15, 0.2) is 0 Å². The van der Waals surface area contributed by atoms with Crippen molar-refractivity contribution in [3.8, 4) is 11.5 Å². The van der Waals surface area contributed by atoms with Crippen molar-refractivity contribution in [2.45, 2.75) is 19.8 Å². The normalized spacial score (nSPS) is 10.3. The summed E-state index contributed by atoms with van der Waals surface area (Å²) in [5, 5.41) is 3.31. The predicted octanol–water partition coefficient (Wildman–Crippen LogP) is 4.24. The Bertz CT molecular complexity index is 701. The number of carbonyl (C=O) groups is 1. The summed E-state index contributed by atoms with van der Waals surface area (Å²) in [6, 6.07) is 11.1. The highest BCUT2D eigenvalue weighted by molar-refractivity contribution is 6.32. The Labute approximate surface area is 141 Å². The van der Waals surface area contributed by atoms with Crippen LogP contribution >= 0.6 is 11.6 Å². The lowest BCUT2D eigenvalue weighted by atomic mass is 10.1. The standard InChI is InChI=1S/C18H20ClNO3/c1-12-10-13(4-7-16(12)22-2)5-9-18(21)20-14-6-8-17(23-3)15(19)11-14/h4,6-8,10-11H,5,9H2,1-3H3,(H,20,21). The largest absolute Gasteiger partial charge is 0.496 e. The summed E-state index contributed by atoms with van der Waals surface area (Å²) in [4.78, 5) is 12.0. The first-order chi connectivity index (χ1) is 11.0. The number of ether oxygens (including phenoxy) is 2. The van der Waals surface area contributed by atoms with Crippen molar-refractivity contribution >= 4 is 23.2 Å². The van der Waals surface area contributed by atoms with Crippen LogP contribution in [0.3, 0.4) is 0 Å². The molecule has 0 saturated carbocycles. The lowest BCUT2D eigenvalue weighted by Crippen LogP contribution is -2.12. The van der Waals surface area contributed by atoms with Crippen molar-refractivity contribution in [1.29, 1.82) is 0 Å². The van der Waals surface area contributed by atoms with Gasteiger partial charge in [-0.05, 0) is 48.7 Å². The third kappa shape index (κ3) is 4.63. The lowest BCUT2D eigenvalue weighted by molar-refractivity contribution is -0.116. The lowest BCUT2D eigenvalue weighted by Gasteiger charge is -2.09. The van der Waals surface area contributed by atoms with Gasteiger partial charge >= 0.3 is 0 Å². The maximum absolute atomic E-state index is 12.0. The second-order valence-corrected chi connectivity index (χ2v) is 5.61. The van der Waals surface area contributed by atoms with Gasteiger partial charge in [-0.3, -0.25) is 4.79 Å². The van der Waals surface area contributed by atoms with Gasteiger partial charge in [-0.25, -0.2) is 0 Å². The monoisotopic (exact) mass is 333 g/mol. The molecule has 0 saturated heterocycles. The zero-order valence-electron chi connectivity index (χ0n) is 13.5. The zero-order chi connectivity index (χ0) is 16.8. The average molecular weight is 334 g/mol. The van der Waals surface area contributed by atoms with Gasteiger partial charge in [0.2, 0.25) is 5.91 Å². The van der Waals surface area contributed by atoms with E-state index < -0.39 is 0 Å². The summed E-state index contributed by atoms with van der Waals surface area (Å²) in [5.41, 5.74) is 2.82. The van der Waals surface area contributed by atoms with Crippen LogP contribution in [0.5, 0.6) is 11.5 Å². The molecule has 0 aliphatic rings. The van der Waals surface area contributed by atoms with Gasteiger partial charge in [0.1, 0.15) is 11.5 Å². The van der Waals surface area contributed by atoms with Crippen LogP contribution in [-0.2, 0) is 11.2 Å². The van der Waals surface area contributed by atoms with Crippen LogP contribution in [0.25, 0.3) is 0 Å². The Balaban J connectivity index is 1.92. The number of halogens is 1. The Morgan fingerprint density at radius 1 is 1.09 bits per heavy atom. The second-order valence-electron chi connectivity index (χ2n) is 5.20. The highest BCUT2D eigenvalue weighted by Crippen LogP contribution is 2.27. The van der Waals surface area contributed by atoms with E-state index in [0.29, 0.717) is 29.3 Å². The van der Waals surface area contributed by atoms with E-state index in [0.717, 1.165) is 16.9 Å². The zero-order valence-corrected chi connectivity index (χ0v) is 14.2. The molecule has 0 aliphatic carbocycles. The molecule has 4 nitrogen and oxygen atoms in total. The van der Waals surface area contributed by atoms with Crippen LogP contribution in [-0.4, -0.2) is 20.1 Å². The topological polar surface area (TPSA) is 47.6 Å². The molecule has 23 heavy (non-hydrogen) atoms. The summed E-state index contributed by atoms with van der Waals surface area (Å²) in [6.07, 6.45) is 1.07. The van der Waals surface area contributed by atoms with Crippen LogP contribution in [0, 0.1) is 6.92 Å². The Hall–Kier alpha value is -2.20. The first-order valence-electron chi connectivity index (χ1n) is 7.30. The van der Waals surface area contributed by atoms with Gasteiger partial charge in [-0.1, -0.05) is 23.7 Å².